The van der Waals surface area contributed by atoms with Crippen LogP contribution in [-0.2, 0) is 11.2 Å². The summed E-state index contributed by atoms with van der Waals surface area (Å²) in [6.07, 6.45) is 2.24. The van der Waals surface area contributed by atoms with Gasteiger partial charge in [-0.3, -0.25) is 9.69 Å². The molecule has 0 bridgehead atoms. The number of ether oxygens (including phenoxy) is 4. The van der Waals surface area contributed by atoms with Crippen molar-refractivity contribution < 1.29 is 23.7 Å². The number of morpholine rings is 1. The number of aryl methyl sites for hydroxylation is 1. The fourth-order valence-corrected chi connectivity index (χ4v) is 4.86. The monoisotopic (exact) mass is 469 g/mol. The van der Waals surface area contributed by atoms with Crippen LogP contribution in [0.15, 0.2) is 30.3 Å². The number of benzene rings is 2. The van der Waals surface area contributed by atoms with Crippen molar-refractivity contribution in [1.82, 2.24) is 10.2 Å². The highest BCUT2D eigenvalue weighted by Gasteiger charge is 2.26. The van der Waals surface area contributed by atoms with E-state index in [1.165, 1.54) is 16.8 Å². The number of methoxy groups -OCH3 is 3. The predicted molar refractivity (Wildman–Crippen MR) is 132 cm³/mol. The van der Waals surface area contributed by atoms with Crippen molar-refractivity contribution in [3.8, 4) is 17.2 Å². The van der Waals surface area contributed by atoms with Gasteiger partial charge in [-0.2, -0.15) is 0 Å². The van der Waals surface area contributed by atoms with E-state index in [2.05, 4.69) is 40.4 Å². The highest BCUT2D eigenvalue weighted by atomic mass is 16.5. The van der Waals surface area contributed by atoms with Crippen molar-refractivity contribution in [1.29, 1.82) is 0 Å². The maximum absolute atomic E-state index is 13.2. The molecule has 34 heavy (non-hydrogen) atoms. The van der Waals surface area contributed by atoms with Gasteiger partial charge in [-0.1, -0.05) is 12.1 Å². The summed E-state index contributed by atoms with van der Waals surface area (Å²) in [5.74, 6) is 1.19. The van der Waals surface area contributed by atoms with Gasteiger partial charge in [0.1, 0.15) is 0 Å². The van der Waals surface area contributed by atoms with Crippen LogP contribution in [0, 0.1) is 0 Å². The van der Waals surface area contributed by atoms with Crippen molar-refractivity contribution in [3.05, 3.63) is 47.0 Å². The van der Waals surface area contributed by atoms with Gasteiger partial charge in [0.25, 0.3) is 5.91 Å². The van der Waals surface area contributed by atoms with Crippen molar-refractivity contribution in [2.45, 2.75) is 18.9 Å². The molecule has 0 saturated carbocycles. The van der Waals surface area contributed by atoms with E-state index in [-0.39, 0.29) is 11.9 Å². The van der Waals surface area contributed by atoms with Crippen LogP contribution in [0.5, 0.6) is 17.2 Å². The first-order valence-corrected chi connectivity index (χ1v) is 11.8. The third-order valence-electron chi connectivity index (χ3n) is 6.71. The minimum atomic E-state index is -0.185. The second-order valence-electron chi connectivity index (χ2n) is 8.70. The van der Waals surface area contributed by atoms with E-state index < -0.39 is 0 Å². The normalized spacial score (nSPS) is 17.0. The number of carbonyl (C=O) groups excluding carboxylic acids is 1. The Bertz CT molecular complexity index is 981. The number of amides is 1. The molecule has 1 saturated heterocycles. The van der Waals surface area contributed by atoms with E-state index in [1.54, 1.807) is 33.5 Å². The van der Waals surface area contributed by atoms with Gasteiger partial charge in [0.05, 0.1) is 40.6 Å². The van der Waals surface area contributed by atoms with Gasteiger partial charge < -0.3 is 29.2 Å². The molecule has 0 aliphatic carbocycles. The largest absolute Gasteiger partial charge is 0.493 e. The van der Waals surface area contributed by atoms with Crippen LogP contribution >= 0.6 is 0 Å². The molecule has 184 valence electrons. The molecule has 8 heteroatoms. The van der Waals surface area contributed by atoms with E-state index in [1.807, 2.05) is 0 Å². The van der Waals surface area contributed by atoms with Crippen molar-refractivity contribution in [3.63, 3.8) is 0 Å². The molecule has 2 aliphatic rings. The van der Waals surface area contributed by atoms with E-state index in [0.717, 1.165) is 32.5 Å². The number of nitrogens with zero attached hydrogens (tertiary/aromatic N) is 2. The Hall–Kier alpha value is -2.97. The molecular weight excluding hydrogens is 434 g/mol. The van der Waals surface area contributed by atoms with Crippen LogP contribution in [0.4, 0.5) is 5.69 Å². The van der Waals surface area contributed by atoms with Crippen molar-refractivity contribution in [2.24, 2.45) is 0 Å². The first kappa shape index (κ1) is 24.2. The number of anilines is 1. The molecule has 4 rings (SSSR count). The number of nitrogens with one attached hydrogen (secondary N) is 1. The zero-order valence-corrected chi connectivity index (χ0v) is 20.6. The number of hydrogen-bond donors (Lipinski definition) is 1. The summed E-state index contributed by atoms with van der Waals surface area (Å²) < 4.78 is 21.8. The standard InChI is InChI=1S/C26H35N3O5/c1-28-9-5-6-18-14-19(7-8-21(18)28)22(29-10-12-34-13-11-29)17-27-26(30)20-15-23(31-2)25(33-4)24(16-20)32-3/h7-8,14-16,22H,5-6,9-13,17H2,1-4H3,(H,27,30). The first-order valence-electron chi connectivity index (χ1n) is 11.8. The van der Waals surface area contributed by atoms with Crippen molar-refractivity contribution in [2.75, 3.05) is 72.7 Å². The van der Waals surface area contributed by atoms with Gasteiger partial charge in [0, 0.05) is 44.5 Å². The van der Waals surface area contributed by atoms with Gasteiger partial charge in [-0.05, 0) is 42.2 Å². The molecule has 2 aromatic rings. The molecule has 0 radical (unpaired) electrons. The zero-order valence-electron chi connectivity index (χ0n) is 20.6. The molecule has 8 nitrogen and oxygen atoms in total. The number of rotatable bonds is 8. The Morgan fingerprint density at radius 3 is 2.38 bits per heavy atom. The number of carbonyl (C=O) groups is 1. The van der Waals surface area contributed by atoms with Crippen LogP contribution in [0.3, 0.4) is 0 Å². The summed E-state index contributed by atoms with van der Waals surface area (Å²) in [7, 11) is 6.78. The Balaban J connectivity index is 1.56. The summed E-state index contributed by atoms with van der Waals surface area (Å²) in [5, 5.41) is 3.14. The summed E-state index contributed by atoms with van der Waals surface area (Å²) in [6, 6.07) is 10.2. The van der Waals surface area contributed by atoms with Gasteiger partial charge in [-0.15, -0.1) is 0 Å². The lowest BCUT2D eigenvalue weighted by Crippen LogP contribution is -2.44. The van der Waals surface area contributed by atoms with E-state index >= 15 is 0 Å². The molecule has 1 atom stereocenters. The highest BCUT2D eigenvalue weighted by Crippen LogP contribution is 2.38. The summed E-state index contributed by atoms with van der Waals surface area (Å²) in [6.45, 7) is 4.65. The predicted octanol–water partition coefficient (Wildman–Crippen LogP) is 2.90. The Morgan fingerprint density at radius 2 is 1.74 bits per heavy atom. The van der Waals surface area contributed by atoms with Crippen molar-refractivity contribution >= 4 is 11.6 Å². The zero-order chi connectivity index (χ0) is 24.1. The number of hydrogen-bond acceptors (Lipinski definition) is 7. The Labute approximate surface area is 201 Å². The Kier molecular flexibility index (Phi) is 7.80. The molecule has 2 aliphatic heterocycles. The SMILES string of the molecule is COc1cc(C(=O)NCC(c2ccc3c(c2)CCCN3C)N2CCOCC2)cc(OC)c1OC. The van der Waals surface area contributed by atoms with Gasteiger partial charge >= 0.3 is 0 Å². The highest BCUT2D eigenvalue weighted by molar-refractivity contribution is 5.95. The second kappa shape index (κ2) is 11.0. The quantitative estimate of drug-likeness (QED) is 0.637. The third kappa shape index (κ3) is 5.08. The van der Waals surface area contributed by atoms with Crippen LogP contribution in [0.1, 0.15) is 33.9 Å². The molecule has 1 fully saturated rings. The maximum Gasteiger partial charge on any atom is 0.251 e. The lowest BCUT2D eigenvalue weighted by Gasteiger charge is -2.36. The van der Waals surface area contributed by atoms with Gasteiger partial charge in [0.2, 0.25) is 5.75 Å². The summed E-state index contributed by atoms with van der Waals surface area (Å²) in [5.41, 5.74) is 4.36. The fourth-order valence-electron chi connectivity index (χ4n) is 4.86. The Morgan fingerprint density at radius 1 is 1.03 bits per heavy atom. The third-order valence-corrected chi connectivity index (χ3v) is 6.71. The minimum Gasteiger partial charge on any atom is -0.493 e. The second-order valence-corrected chi connectivity index (χ2v) is 8.70. The average molecular weight is 470 g/mol. The van der Waals surface area contributed by atoms with E-state index in [9.17, 15) is 4.79 Å². The first-order chi connectivity index (χ1) is 16.5. The smallest absolute Gasteiger partial charge is 0.251 e. The van der Waals surface area contributed by atoms with E-state index in [0.29, 0.717) is 42.6 Å². The summed E-state index contributed by atoms with van der Waals surface area (Å²) in [4.78, 5) is 17.9. The molecule has 1 N–H and O–H groups in total. The molecule has 2 aromatic carbocycles. The number of fused-ring (bicyclic) bond motifs is 1. The minimum absolute atomic E-state index is 0.0624. The van der Waals surface area contributed by atoms with Crippen LogP contribution in [0.25, 0.3) is 0 Å². The summed E-state index contributed by atoms with van der Waals surface area (Å²) >= 11 is 0. The lowest BCUT2D eigenvalue weighted by molar-refractivity contribution is 0.0162. The van der Waals surface area contributed by atoms with Crippen LogP contribution in [-0.4, -0.2) is 78.6 Å². The molecule has 2 heterocycles. The molecule has 1 amide bonds. The molecule has 0 spiro atoms. The van der Waals surface area contributed by atoms with Gasteiger partial charge in [0.15, 0.2) is 11.5 Å². The van der Waals surface area contributed by atoms with Crippen LogP contribution in [0.2, 0.25) is 0 Å². The topological polar surface area (TPSA) is 72.5 Å². The average Bonchev–Trinajstić information content (AvgIpc) is 2.88. The molecular formula is C26H35N3O5. The van der Waals surface area contributed by atoms with Crippen LogP contribution < -0.4 is 24.4 Å². The molecule has 0 aromatic heterocycles. The molecule has 1 unspecified atom stereocenters. The van der Waals surface area contributed by atoms with Gasteiger partial charge in [-0.25, -0.2) is 0 Å². The van der Waals surface area contributed by atoms with E-state index in [4.69, 9.17) is 18.9 Å². The fraction of sp³-hybridized carbons (Fsp3) is 0.500. The maximum atomic E-state index is 13.2. The lowest BCUT2D eigenvalue weighted by atomic mass is 9.95.